The van der Waals surface area contributed by atoms with Crippen molar-refractivity contribution in [2.75, 3.05) is 0 Å². The number of aromatic nitrogens is 1. The lowest BCUT2D eigenvalue weighted by atomic mass is 10.1. The maximum Gasteiger partial charge on any atom is 0.0867 e. The first kappa shape index (κ1) is 9.37. The number of aliphatic hydroxyl groups excluding tert-OH is 1. The van der Waals surface area contributed by atoms with Crippen LogP contribution < -0.4 is 0 Å². The molecule has 0 aliphatic heterocycles. The van der Waals surface area contributed by atoms with E-state index >= 15 is 0 Å². The van der Waals surface area contributed by atoms with Gasteiger partial charge in [-0.15, -0.1) is 11.3 Å². The lowest BCUT2D eigenvalue weighted by Crippen LogP contribution is -1.85. The molecule has 0 spiro atoms. The Hall–Kier alpha value is -1.19. The lowest BCUT2D eigenvalue weighted by Gasteiger charge is -2.00. The van der Waals surface area contributed by atoms with Gasteiger partial charge in [-0.05, 0) is 12.5 Å². The van der Waals surface area contributed by atoms with Crippen molar-refractivity contribution in [3.8, 4) is 10.4 Å². The smallest absolute Gasteiger partial charge is 0.0867 e. The summed E-state index contributed by atoms with van der Waals surface area (Å²) in [6.07, 6.45) is 0. The monoisotopic (exact) mass is 205 g/mol. The summed E-state index contributed by atoms with van der Waals surface area (Å²) in [5.41, 5.74) is 4.89. The predicted octanol–water partition coefficient (Wildman–Crippen LogP) is 2.61. The molecule has 0 bridgehead atoms. The van der Waals surface area contributed by atoms with Crippen LogP contribution in [0.15, 0.2) is 29.8 Å². The minimum atomic E-state index is 0.00666. The van der Waals surface area contributed by atoms with Crippen molar-refractivity contribution >= 4 is 11.3 Å². The van der Waals surface area contributed by atoms with E-state index in [1.807, 2.05) is 0 Å². The molecule has 0 amide bonds. The molecule has 72 valence electrons. The zero-order valence-corrected chi connectivity index (χ0v) is 8.71. The van der Waals surface area contributed by atoms with Crippen molar-refractivity contribution < 1.29 is 5.11 Å². The number of hydrogen-bond acceptors (Lipinski definition) is 3. The van der Waals surface area contributed by atoms with Gasteiger partial charge in [0, 0.05) is 0 Å². The van der Waals surface area contributed by atoms with E-state index in [1.165, 1.54) is 5.56 Å². The number of thiazole rings is 1. The molecule has 1 heterocycles. The molecule has 0 fully saturated rings. The molecule has 3 heteroatoms. The van der Waals surface area contributed by atoms with Crippen LogP contribution in [0.1, 0.15) is 11.3 Å². The standard InChI is InChI=1S/C11H11NOS/c1-8-2-4-9(5-3-8)11-10(6-13)12-7-14-11/h2-5,7,13H,6H2,1H3. The molecule has 14 heavy (non-hydrogen) atoms. The van der Waals surface area contributed by atoms with Gasteiger partial charge < -0.3 is 5.11 Å². The zero-order valence-electron chi connectivity index (χ0n) is 7.90. The molecular formula is C11H11NOS. The molecule has 1 aromatic heterocycles. The molecule has 1 N–H and O–H groups in total. The van der Waals surface area contributed by atoms with Crippen LogP contribution in [-0.2, 0) is 6.61 Å². The fourth-order valence-corrected chi connectivity index (χ4v) is 2.13. The maximum atomic E-state index is 9.07. The Balaban J connectivity index is 2.44. The molecule has 1 aromatic carbocycles. The fraction of sp³-hybridized carbons (Fsp3) is 0.182. The second-order valence-electron chi connectivity index (χ2n) is 3.15. The normalized spacial score (nSPS) is 10.4. The summed E-state index contributed by atoms with van der Waals surface area (Å²) in [6, 6.07) is 8.25. The minimum Gasteiger partial charge on any atom is -0.390 e. The molecule has 2 aromatic rings. The SMILES string of the molecule is Cc1ccc(-c2scnc2CO)cc1. The Morgan fingerprint density at radius 1 is 1.29 bits per heavy atom. The minimum absolute atomic E-state index is 0.00666. The first-order chi connectivity index (χ1) is 6.81. The summed E-state index contributed by atoms with van der Waals surface area (Å²) < 4.78 is 0. The van der Waals surface area contributed by atoms with Gasteiger partial charge in [0.1, 0.15) is 0 Å². The van der Waals surface area contributed by atoms with Gasteiger partial charge in [0.15, 0.2) is 0 Å². The third kappa shape index (κ3) is 1.69. The van der Waals surface area contributed by atoms with Gasteiger partial charge in [-0.25, -0.2) is 4.98 Å². The van der Waals surface area contributed by atoms with E-state index in [2.05, 4.69) is 36.2 Å². The maximum absolute atomic E-state index is 9.07. The van der Waals surface area contributed by atoms with Crippen LogP contribution in [0.3, 0.4) is 0 Å². The predicted molar refractivity (Wildman–Crippen MR) is 58.2 cm³/mol. The van der Waals surface area contributed by atoms with E-state index in [9.17, 15) is 0 Å². The largest absolute Gasteiger partial charge is 0.390 e. The van der Waals surface area contributed by atoms with Gasteiger partial charge >= 0.3 is 0 Å². The van der Waals surface area contributed by atoms with Crippen molar-refractivity contribution in [2.24, 2.45) is 0 Å². The van der Waals surface area contributed by atoms with E-state index in [0.29, 0.717) is 0 Å². The van der Waals surface area contributed by atoms with E-state index in [4.69, 9.17) is 5.11 Å². The highest BCUT2D eigenvalue weighted by Gasteiger charge is 2.06. The molecule has 2 rings (SSSR count). The number of aliphatic hydroxyl groups is 1. The third-order valence-corrected chi connectivity index (χ3v) is 3.02. The fourth-order valence-electron chi connectivity index (χ4n) is 1.32. The molecule has 0 aliphatic rings. The zero-order chi connectivity index (χ0) is 9.97. The second kappa shape index (κ2) is 3.90. The molecule has 0 atom stereocenters. The molecule has 0 saturated carbocycles. The van der Waals surface area contributed by atoms with Crippen molar-refractivity contribution in [2.45, 2.75) is 13.5 Å². The molecule has 0 unspecified atom stereocenters. The molecule has 0 aliphatic carbocycles. The van der Waals surface area contributed by atoms with Crippen molar-refractivity contribution in [3.63, 3.8) is 0 Å². The summed E-state index contributed by atoms with van der Waals surface area (Å²) in [6.45, 7) is 2.07. The number of rotatable bonds is 2. The van der Waals surface area contributed by atoms with Gasteiger partial charge in [-0.3, -0.25) is 0 Å². The number of benzene rings is 1. The Morgan fingerprint density at radius 3 is 2.64 bits per heavy atom. The van der Waals surface area contributed by atoms with Crippen LogP contribution in [0.2, 0.25) is 0 Å². The average molecular weight is 205 g/mol. The topological polar surface area (TPSA) is 33.1 Å². The van der Waals surface area contributed by atoms with E-state index < -0.39 is 0 Å². The lowest BCUT2D eigenvalue weighted by molar-refractivity contribution is 0.278. The molecule has 0 saturated heterocycles. The van der Waals surface area contributed by atoms with Crippen LogP contribution >= 0.6 is 11.3 Å². The first-order valence-electron chi connectivity index (χ1n) is 4.41. The highest BCUT2D eigenvalue weighted by molar-refractivity contribution is 7.13. The van der Waals surface area contributed by atoms with Crippen LogP contribution in [0.5, 0.6) is 0 Å². The number of aryl methyl sites for hydroxylation is 1. The van der Waals surface area contributed by atoms with Crippen LogP contribution in [0, 0.1) is 6.92 Å². The van der Waals surface area contributed by atoms with E-state index in [0.717, 1.165) is 16.1 Å². The Bertz CT molecular complexity index is 419. The van der Waals surface area contributed by atoms with Crippen LogP contribution in [-0.4, -0.2) is 10.1 Å². The van der Waals surface area contributed by atoms with Gasteiger partial charge in [0.05, 0.1) is 22.7 Å². The highest BCUT2D eigenvalue weighted by Crippen LogP contribution is 2.27. The van der Waals surface area contributed by atoms with Gasteiger partial charge in [0.25, 0.3) is 0 Å². The molecule has 0 radical (unpaired) electrons. The van der Waals surface area contributed by atoms with Gasteiger partial charge in [-0.2, -0.15) is 0 Å². The summed E-state index contributed by atoms with van der Waals surface area (Å²) in [4.78, 5) is 5.16. The van der Waals surface area contributed by atoms with E-state index in [1.54, 1.807) is 16.8 Å². The Kier molecular flexibility index (Phi) is 2.61. The Morgan fingerprint density at radius 2 is 2.00 bits per heavy atom. The molecular weight excluding hydrogens is 194 g/mol. The van der Waals surface area contributed by atoms with Crippen molar-refractivity contribution in [1.29, 1.82) is 0 Å². The highest BCUT2D eigenvalue weighted by atomic mass is 32.1. The summed E-state index contributed by atoms with van der Waals surface area (Å²) in [5, 5.41) is 9.07. The third-order valence-electron chi connectivity index (χ3n) is 2.10. The quantitative estimate of drug-likeness (QED) is 0.817. The van der Waals surface area contributed by atoms with Crippen molar-refractivity contribution in [1.82, 2.24) is 4.98 Å². The number of nitrogens with zero attached hydrogens (tertiary/aromatic N) is 1. The number of hydrogen-bond donors (Lipinski definition) is 1. The van der Waals surface area contributed by atoms with Crippen LogP contribution in [0.25, 0.3) is 10.4 Å². The summed E-state index contributed by atoms with van der Waals surface area (Å²) in [5.74, 6) is 0. The summed E-state index contributed by atoms with van der Waals surface area (Å²) >= 11 is 1.56. The Labute approximate surface area is 86.9 Å². The van der Waals surface area contributed by atoms with E-state index in [-0.39, 0.29) is 6.61 Å². The molecule has 2 nitrogen and oxygen atoms in total. The van der Waals surface area contributed by atoms with Gasteiger partial charge in [0.2, 0.25) is 0 Å². The van der Waals surface area contributed by atoms with Crippen LogP contribution in [0.4, 0.5) is 0 Å². The second-order valence-corrected chi connectivity index (χ2v) is 4.01. The van der Waals surface area contributed by atoms with Gasteiger partial charge in [-0.1, -0.05) is 29.8 Å². The average Bonchev–Trinajstić information content (AvgIpc) is 2.67. The van der Waals surface area contributed by atoms with Crippen molar-refractivity contribution in [3.05, 3.63) is 41.0 Å². The summed E-state index contributed by atoms with van der Waals surface area (Å²) in [7, 11) is 0. The first-order valence-corrected chi connectivity index (χ1v) is 5.29.